The fourth-order valence-electron chi connectivity index (χ4n) is 2.14. The molecule has 0 saturated carbocycles. The standard InChI is InChI=1S/C13H17F3N2O/c14-13(15,16)19-12-6-3-5-10(8-12)18-9-11-4-1-2-7-17-11/h3,5-6,8,11,17-18H,1-2,4,7,9H2. The van der Waals surface area contributed by atoms with Gasteiger partial charge in [-0.05, 0) is 31.5 Å². The van der Waals surface area contributed by atoms with Gasteiger partial charge in [-0.3, -0.25) is 0 Å². The summed E-state index contributed by atoms with van der Waals surface area (Å²) in [6.07, 6.45) is -1.18. The minimum atomic E-state index is -4.65. The molecule has 1 atom stereocenters. The number of nitrogens with one attached hydrogen (secondary N) is 2. The average molecular weight is 274 g/mol. The summed E-state index contributed by atoms with van der Waals surface area (Å²) in [5.74, 6) is -0.200. The van der Waals surface area contributed by atoms with Gasteiger partial charge in [-0.2, -0.15) is 0 Å². The van der Waals surface area contributed by atoms with Crippen LogP contribution in [-0.4, -0.2) is 25.5 Å². The fraction of sp³-hybridized carbons (Fsp3) is 0.538. The number of halogens is 3. The third-order valence-corrected chi connectivity index (χ3v) is 3.03. The molecule has 1 saturated heterocycles. The monoisotopic (exact) mass is 274 g/mol. The molecular formula is C13H17F3N2O. The van der Waals surface area contributed by atoms with E-state index >= 15 is 0 Å². The lowest BCUT2D eigenvalue weighted by Gasteiger charge is -2.24. The van der Waals surface area contributed by atoms with Gasteiger partial charge in [0.05, 0.1) is 0 Å². The van der Waals surface area contributed by atoms with Crippen LogP contribution in [0.3, 0.4) is 0 Å². The molecule has 1 unspecified atom stereocenters. The van der Waals surface area contributed by atoms with Crippen molar-refractivity contribution >= 4 is 5.69 Å². The molecule has 1 aliphatic rings. The van der Waals surface area contributed by atoms with Crippen LogP contribution in [0.25, 0.3) is 0 Å². The SMILES string of the molecule is FC(F)(F)Oc1cccc(NCC2CCCCN2)c1. The summed E-state index contributed by atoms with van der Waals surface area (Å²) in [4.78, 5) is 0. The molecule has 6 heteroatoms. The zero-order valence-electron chi connectivity index (χ0n) is 10.5. The molecule has 19 heavy (non-hydrogen) atoms. The zero-order valence-corrected chi connectivity index (χ0v) is 10.5. The first-order valence-corrected chi connectivity index (χ1v) is 6.36. The smallest absolute Gasteiger partial charge is 0.406 e. The summed E-state index contributed by atoms with van der Waals surface area (Å²) in [5, 5.41) is 6.50. The van der Waals surface area contributed by atoms with E-state index in [1.54, 1.807) is 6.07 Å². The molecule has 106 valence electrons. The number of hydrogen-bond donors (Lipinski definition) is 2. The van der Waals surface area contributed by atoms with Crippen molar-refractivity contribution in [3.8, 4) is 5.75 Å². The Hall–Kier alpha value is -1.43. The van der Waals surface area contributed by atoms with Crippen LogP contribution in [0.5, 0.6) is 5.75 Å². The summed E-state index contributed by atoms with van der Waals surface area (Å²) < 4.78 is 40.2. The first-order valence-electron chi connectivity index (χ1n) is 6.36. The maximum atomic E-state index is 12.1. The molecule has 2 N–H and O–H groups in total. The van der Waals surface area contributed by atoms with Crippen LogP contribution in [0.15, 0.2) is 24.3 Å². The fourth-order valence-corrected chi connectivity index (χ4v) is 2.14. The van der Waals surface area contributed by atoms with Gasteiger partial charge in [0, 0.05) is 24.3 Å². The number of anilines is 1. The third-order valence-electron chi connectivity index (χ3n) is 3.03. The molecule has 1 heterocycles. The minimum Gasteiger partial charge on any atom is -0.406 e. The number of ether oxygens (including phenoxy) is 1. The van der Waals surface area contributed by atoms with Crippen LogP contribution in [0.4, 0.5) is 18.9 Å². The molecule has 0 bridgehead atoms. The van der Waals surface area contributed by atoms with E-state index in [4.69, 9.17) is 0 Å². The van der Waals surface area contributed by atoms with Crippen molar-refractivity contribution in [3.63, 3.8) is 0 Å². The third kappa shape index (κ3) is 4.98. The summed E-state index contributed by atoms with van der Waals surface area (Å²) in [6, 6.07) is 6.29. The molecule has 3 nitrogen and oxygen atoms in total. The molecule has 1 aliphatic heterocycles. The van der Waals surface area contributed by atoms with Crippen molar-refractivity contribution in [2.75, 3.05) is 18.4 Å². The molecule has 0 spiro atoms. The van der Waals surface area contributed by atoms with Gasteiger partial charge in [-0.1, -0.05) is 12.5 Å². The van der Waals surface area contributed by atoms with E-state index in [-0.39, 0.29) is 5.75 Å². The number of benzene rings is 1. The van der Waals surface area contributed by atoms with Gasteiger partial charge in [-0.25, -0.2) is 0 Å². The Balaban J connectivity index is 1.87. The molecule has 0 aromatic heterocycles. The number of piperidine rings is 1. The van der Waals surface area contributed by atoms with Crippen molar-refractivity contribution < 1.29 is 17.9 Å². The van der Waals surface area contributed by atoms with Gasteiger partial charge >= 0.3 is 6.36 Å². The number of hydrogen-bond acceptors (Lipinski definition) is 3. The highest BCUT2D eigenvalue weighted by Gasteiger charge is 2.31. The normalized spacial score (nSPS) is 20.1. The van der Waals surface area contributed by atoms with Crippen molar-refractivity contribution in [2.24, 2.45) is 0 Å². The average Bonchev–Trinajstić information content (AvgIpc) is 2.36. The largest absolute Gasteiger partial charge is 0.573 e. The predicted molar refractivity (Wildman–Crippen MR) is 67.3 cm³/mol. The molecule has 0 radical (unpaired) electrons. The lowest BCUT2D eigenvalue weighted by Crippen LogP contribution is -2.39. The van der Waals surface area contributed by atoms with Gasteiger partial charge < -0.3 is 15.4 Å². The van der Waals surface area contributed by atoms with E-state index in [9.17, 15) is 13.2 Å². The lowest BCUT2D eigenvalue weighted by molar-refractivity contribution is -0.274. The topological polar surface area (TPSA) is 33.3 Å². The molecular weight excluding hydrogens is 257 g/mol. The lowest BCUT2D eigenvalue weighted by atomic mass is 10.1. The Morgan fingerprint density at radius 1 is 1.32 bits per heavy atom. The van der Waals surface area contributed by atoms with Crippen LogP contribution >= 0.6 is 0 Å². The van der Waals surface area contributed by atoms with Gasteiger partial charge in [0.25, 0.3) is 0 Å². The maximum absolute atomic E-state index is 12.1. The van der Waals surface area contributed by atoms with E-state index in [2.05, 4.69) is 15.4 Å². The van der Waals surface area contributed by atoms with E-state index in [0.29, 0.717) is 18.3 Å². The Morgan fingerprint density at radius 2 is 2.16 bits per heavy atom. The Labute approximate surface area is 110 Å². The van der Waals surface area contributed by atoms with Crippen LogP contribution in [-0.2, 0) is 0 Å². The number of rotatable bonds is 4. The van der Waals surface area contributed by atoms with E-state index in [1.807, 2.05) is 0 Å². The second-order valence-electron chi connectivity index (χ2n) is 4.60. The molecule has 0 aliphatic carbocycles. The summed E-state index contributed by atoms with van der Waals surface area (Å²) in [7, 11) is 0. The van der Waals surface area contributed by atoms with Crippen LogP contribution in [0.1, 0.15) is 19.3 Å². The Kier molecular flexibility index (Phi) is 4.52. The molecule has 1 aromatic carbocycles. The van der Waals surface area contributed by atoms with Gasteiger partial charge in [-0.15, -0.1) is 13.2 Å². The molecule has 2 rings (SSSR count). The Morgan fingerprint density at radius 3 is 2.84 bits per heavy atom. The highest BCUT2D eigenvalue weighted by molar-refractivity contribution is 5.48. The van der Waals surface area contributed by atoms with Crippen molar-refractivity contribution in [3.05, 3.63) is 24.3 Å². The maximum Gasteiger partial charge on any atom is 0.573 e. The van der Waals surface area contributed by atoms with E-state index < -0.39 is 6.36 Å². The minimum absolute atomic E-state index is 0.200. The van der Waals surface area contributed by atoms with Gasteiger partial charge in [0.15, 0.2) is 0 Å². The first kappa shape index (κ1) is 14.0. The predicted octanol–water partition coefficient (Wildman–Crippen LogP) is 3.14. The summed E-state index contributed by atoms with van der Waals surface area (Å²) >= 11 is 0. The molecule has 1 aromatic rings. The number of alkyl halides is 3. The van der Waals surface area contributed by atoms with Gasteiger partial charge in [0.2, 0.25) is 0 Å². The molecule has 1 fully saturated rings. The van der Waals surface area contributed by atoms with Gasteiger partial charge in [0.1, 0.15) is 5.75 Å². The van der Waals surface area contributed by atoms with E-state index in [1.165, 1.54) is 31.0 Å². The van der Waals surface area contributed by atoms with Crippen molar-refractivity contribution in [1.82, 2.24) is 5.32 Å². The Bertz CT molecular complexity index is 403. The first-order chi connectivity index (χ1) is 9.03. The zero-order chi connectivity index (χ0) is 13.7. The van der Waals surface area contributed by atoms with Crippen LogP contribution < -0.4 is 15.4 Å². The quantitative estimate of drug-likeness (QED) is 0.885. The highest BCUT2D eigenvalue weighted by Crippen LogP contribution is 2.25. The highest BCUT2D eigenvalue weighted by atomic mass is 19.4. The summed E-state index contributed by atoms with van der Waals surface area (Å²) in [5.41, 5.74) is 0.633. The second kappa shape index (κ2) is 6.14. The summed E-state index contributed by atoms with van der Waals surface area (Å²) in [6.45, 7) is 1.71. The van der Waals surface area contributed by atoms with Crippen LogP contribution in [0, 0.1) is 0 Å². The van der Waals surface area contributed by atoms with E-state index in [0.717, 1.165) is 13.0 Å². The van der Waals surface area contributed by atoms with Crippen LogP contribution in [0.2, 0.25) is 0 Å². The van der Waals surface area contributed by atoms with Crippen molar-refractivity contribution in [1.29, 1.82) is 0 Å². The second-order valence-corrected chi connectivity index (χ2v) is 4.60. The molecule has 0 amide bonds. The van der Waals surface area contributed by atoms with Crippen molar-refractivity contribution in [2.45, 2.75) is 31.7 Å².